The van der Waals surface area contributed by atoms with E-state index in [4.69, 9.17) is 0 Å². The van der Waals surface area contributed by atoms with Crippen LogP contribution < -0.4 is 10.6 Å². The van der Waals surface area contributed by atoms with Crippen molar-refractivity contribution in [3.8, 4) is 0 Å². The summed E-state index contributed by atoms with van der Waals surface area (Å²) in [4.78, 5) is 12.0. The molecule has 110 valence electrons. The molecule has 2 amide bonds. The number of rotatable bonds is 4. The van der Waals surface area contributed by atoms with Crippen LogP contribution in [0.15, 0.2) is 53.0 Å². The summed E-state index contributed by atoms with van der Waals surface area (Å²) < 4.78 is 1.03. The first-order chi connectivity index (χ1) is 10.1. The summed E-state index contributed by atoms with van der Waals surface area (Å²) in [6.07, 6.45) is 0. The summed E-state index contributed by atoms with van der Waals surface area (Å²) in [6, 6.07) is 15.6. The van der Waals surface area contributed by atoms with Gasteiger partial charge in [-0.15, -0.1) is 0 Å². The van der Waals surface area contributed by atoms with Gasteiger partial charge in [0, 0.05) is 16.7 Å². The Morgan fingerprint density at radius 2 is 1.76 bits per heavy atom. The number of hydrogen-bond donors (Lipinski definition) is 2. The number of carbonyl (C=O) groups excluding carboxylic acids is 1. The molecule has 2 N–H and O–H groups in total. The van der Waals surface area contributed by atoms with E-state index in [0.29, 0.717) is 12.5 Å². The van der Waals surface area contributed by atoms with Crippen LogP contribution in [0.4, 0.5) is 10.5 Å². The second-order valence-electron chi connectivity index (χ2n) is 5.18. The van der Waals surface area contributed by atoms with Crippen LogP contribution in [0.3, 0.4) is 0 Å². The van der Waals surface area contributed by atoms with E-state index >= 15 is 0 Å². The van der Waals surface area contributed by atoms with Crippen molar-refractivity contribution in [2.75, 3.05) is 5.32 Å². The van der Waals surface area contributed by atoms with Gasteiger partial charge in [-0.3, -0.25) is 0 Å². The maximum atomic E-state index is 12.0. The van der Waals surface area contributed by atoms with E-state index in [1.165, 1.54) is 0 Å². The van der Waals surface area contributed by atoms with Gasteiger partial charge < -0.3 is 10.6 Å². The van der Waals surface area contributed by atoms with E-state index < -0.39 is 0 Å². The van der Waals surface area contributed by atoms with Crippen molar-refractivity contribution in [1.29, 1.82) is 0 Å². The van der Waals surface area contributed by atoms with E-state index in [-0.39, 0.29) is 6.03 Å². The number of carbonyl (C=O) groups is 1. The van der Waals surface area contributed by atoms with Gasteiger partial charge in [-0.1, -0.05) is 60.1 Å². The van der Waals surface area contributed by atoms with Crippen LogP contribution >= 0.6 is 15.9 Å². The molecule has 21 heavy (non-hydrogen) atoms. The lowest BCUT2D eigenvalue weighted by Crippen LogP contribution is -2.28. The average molecular weight is 347 g/mol. The van der Waals surface area contributed by atoms with Crippen molar-refractivity contribution in [1.82, 2.24) is 5.32 Å². The number of amides is 2. The molecular formula is C17H19BrN2O. The maximum absolute atomic E-state index is 12.0. The fourth-order valence-electron chi connectivity index (χ4n) is 2.07. The lowest BCUT2D eigenvalue weighted by atomic mass is 10.0. The molecule has 0 fully saturated rings. The lowest BCUT2D eigenvalue weighted by Gasteiger charge is -2.14. The van der Waals surface area contributed by atoms with E-state index in [1.54, 1.807) is 0 Å². The zero-order chi connectivity index (χ0) is 15.2. The molecule has 0 aliphatic rings. The molecule has 0 aliphatic heterocycles. The molecule has 0 saturated carbocycles. The minimum atomic E-state index is -0.189. The van der Waals surface area contributed by atoms with Crippen LogP contribution in [-0.4, -0.2) is 6.03 Å². The molecule has 0 radical (unpaired) electrons. The van der Waals surface area contributed by atoms with Crippen molar-refractivity contribution in [3.63, 3.8) is 0 Å². The second kappa shape index (κ2) is 7.27. The Morgan fingerprint density at radius 1 is 1.10 bits per heavy atom. The molecule has 0 atom stereocenters. The Morgan fingerprint density at radius 3 is 2.43 bits per heavy atom. The molecule has 0 spiro atoms. The fourth-order valence-corrected chi connectivity index (χ4v) is 2.33. The van der Waals surface area contributed by atoms with Crippen molar-refractivity contribution >= 4 is 27.6 Å². The summed E-state index contributed by atoms with van der Waals surface area (Å²) in [7, 11) is 0. The first-order valence-corrected chi connectivity index (χ1v) is 7.74. The standard InChI is InChI=1S/C17H19BrN2O/c1-12(2)15-5-3-4-6-16(15)20-17(21)19-11-13-7-9-14(18)10-8-13/h3-10,12H,11H2,1-2H3,(H2,19,20,21). The molecule has 0 heterocycles. The first kappa shape index (κ1) is 15.6. The second-order valence-corrected chi connectivity index (χ2v) is 6.09. The van der Waals surface area contributed by atoms with Crippen LogP contribution in [0.25, 0.3) is 0 Å². The fraction of sp³-hybridized carbons (Fsp3) is 0.235. The van der Waals surface area contributed by atoms with Crippen molar-refractivity contribution in [3.05, 3.63) is 64.1 Å². The molecule has 0 aromatic heterocycles. The van der Waals surface area contributed by atoms with Crippen molar-refractivity contribution < 1.29 is 4.79 Å². The van der Waals surface area contributed by atoms with Crippen LogP contribution in [0.5, 0.6) is 0 Å². The van der Waals surface area contributed by atoms with Gasteiger partial charge in [-0.05, 0) is 35.2 Å². The van der Waals surface area contributed by atoms with Crippen molar-refractivity contribution in [2.45, 2.75) is 26.3 Å². The van der Waals surface area contributed by atoms with Gasteiger partial charge in [0.2, 0.25) is 0 Å². The number of halogens is 1. The van der Waals surface area contributed by atoms with Gasteiger partial charge in [-0.25, -0.2) is 4.79 Å². The van der Waals surface area contributed by atoms with Gasteiger partial charge in [0.1, 0.15) is 0 Å². The van der Waals surface area contributed by atoms with Gasteiger partial charge in [0.25, 0.3) is 0 Å². The zero-order valence-corrected chi connectivity index (χ0v) is 13.8. The molecule has 2 rings (SSSR count). The molecule has 4 heteroatoms. The highest BCUT2D eigenvalue weighted by molar-refractivity contribution is 9.10. The lowest BCUT2D eigenvalue weighted by molar-refractivity contribution is 0.251. The number of para-hydroxylation sites is 1. The van der Waals surface area contributed by atoms with Crippen molar-refractivity contribution in [2.24, 2.45) is 0 Å². The number of benzene rings is 2. The average Bonchev–Trinajstić information content (AvgIpc) is 2.47. The van der Waals surface area contributed by atoms with Crippen LogP contribution in [0, 0.1) is 0 Å². The highest BCUT2D eigenvalue weighted by Crippen LogP contribution is 2.23. The van der Waals surface area contributed by atoms with E-state index in [2.05, 4.69) is 40.4 Å². The number of anilines is 1. The molecule has 0 aliphatic carbocycles. The maximum Gasteiger partial charge on any atom is 0.319 e. The molecule has 2 aromatic rings. The highest BCUT2D eigenvalue weighted by atomic mass is 79.9. The normalized spacial score (nSPS) is 10.5. The zero-order valence-electron chi connectivity index (χ0n) is 12.2. The summed E-state index contributed by atoms with van der Waals surface area (Å²) in [6.45, 7) is 4.73. The Bertz CT molecular complexity index is 608. The van der Waals surface area contributed by atoms with Gasteiger partial charge in [0.05, 0.1) is 0 Å². The van der Waals surface area contributed by atoms with Crippen LogP contribution in [-0.2, 0) is 6.54 Å². The Balaban J connectivity index is 1.94. The van der Waals surface area contributed by atoms with Gasteiger partial charge >= 0.3 is 6.03 Å². The van der Waals surface area contributed by atoms with Gasteiger partial charge in [0.15, 0.2) is 0 Å². The Kier molecular flexibility index (Phi) is 5.39. The van der Waals surface area contributed by atoms with E-state index in [1.807, 2.05) is 48.5 Å². The SMILES string of the molecule is CC(C)c1ccccc1NC(=O)NCc1ccc(Br)cc1. The van der Waals surface area contributed by atoms with Crippen LogP contribution in [0.1, 0.15) is 30.9 Å². The minimum absolute atomic E-state index is 0.189. The third-order valence-corrected chi connectivity index (χ3v) is 3.73. The van der Waals surface area contributed by atoms with Crippen LogP contribution in [0.2, 0.25) is 0 Å². The Labute approximate surface area is 133 Å². The predicted octanol–water partition coefficient (Wildman–Crippen LogP) is 4.89. The predicted molar refractivity (Wildman–Crippen MR) is 90.5 cm³/mol. The third-order valence-electron chi connectivity index (χ3n) is 3.20. The van der Waals surface area contributed by atoms with Gasteiger partial charge in [-0.2, -0.15) is 0 Å². The quantitative estimate of drug-likeness (QED) is 0.812. The molecule has 0 saturated heterocycles. The Hall–Kier alpha value is -1.81. The molecule has 0 unspecified atom stereocenters. The molecular weight excluding hydrogens is 328 g/mol. The molecule has 2 aromatic carbocycles. The van der Waals surface area contributed by atoms with E-state index in [9.17, 15) is 4.79 Å². The summed E-state index contributed by atoms with van der Waals surface area (Å²) in [5, 5.41) is 5.78. The summed E-state index contributed by atoms with van der Waals surface area (Å²) in [5.74, 6) is 0.368. The smallest absolute Gasteiger partial charge is 0.319 e. The monoisotopic (exact) mass is 346 g/mol. The molecule has 0 bridgehead atoms. The number of hydrogen-bond acceptors (Lipinski definition) is 1. The number of urea groups is 1. The first-order valence-electron chi connectivity index (χ1n) is 6.94. The third kappa shape index (κ3) is 4.60. The highest BCUT2D eigenvalue weighted by Gasteiger charge is 2.08. The summed E-state index contributed by atoms with van der Waals surface area (Å²) in [5.41, 5.74) is 3.06. The van der Waals surface area contributed by atoms with E-state index in [0.717, 1.165) is 21.3 Å². The molecule has 3 nitrogen and oxygen atoms in total. The number of nitrogens with one attached hydrogen (secondary N) is 2. The largest absolute Gasteiger partial charge is 0.334 e. The summed E-state index contributed by atoms with van der Waals surface area (Å²) >= 11 is 3.39. The minimum Gasteiger partial charge on any atom is -0.334 e. The topological polar surface area (TPSA) is 41.1 Å².